The van der Waals surface area contributed by atoms with Crippen molar-refractivity contribution in [2.75, 3.05) is 83.7 Å². The number of nitrogens with zero attached hydrogens (tertiary/aromatic N) is 9. The van der Waals surface area contributed by atoms with Crippen LogP contribution in [0.5, 0.6) is 0 Å². The lowest BCUT2D eigenvalue weighted by Crippen LogP contribution is -2.51. The third-order valence-corrected chi connectivity index (χ3v) is 8.49. The molecular weight excluding hydrogens is 609 g/mol. The summed E-state index contributed by atoms with van der Waals surface area (Å²) >= 11 is 0. The lowest BCUT2D eigenvalue weighted by atomic mass is 10.0. The molecule has 2 saturated heterocycles. The molecule has 0 aliphatic carbocycles. The van der Waals surface area contributed by atoms with Crippen LogP contribution in [0.25, 0.3) is 5.65 Å². The van der Waals surface area contributed by atoms with Crippen LogP contribution >= 0.6 is 0 Å². The maximum absolute atomic E-state index is 14.0. The van der Waals surface area contributed by atoms with E-state index in [1.54, 1.807) is 16.8 Å². The van der Waals surface area contributed by atoms with Gasteiger partial charge in [-0.25, -0.2) is 19.5 Å². The zero-order valence-corrected chi connectivity index (χ0v) is 26.6. The summed E-state index contributed by atoms with van der Waals surface area (Å²) in [6, 6.07) is 9.35. The molecular formula is C33H37F3N10O. The number of amides is 1. The van der Waals surface area contributed by atoms with E-state index in [0.29, 0.717) is 30.0 Å². The van der Waals surface area contributed by atoms with E-state index in [2.05, 4.69) is 46.9 Å². The van der Waals surface area contributed by atoms with Crippen LogP contribution in [0, 0.1) is 11.8 Å². The minimum absolute atomic E-state index is 0.0525. The first-order chi connectivity index (χ1) is 22.5. The molecule has 47 heavy (non-hydrogen) atoms. The van der Waals surface area contributed by atoms with E-state index in [1.807, 2.05) is 38.2 Å². The van der Waals surface area contributed by atoms with Gasteiger partial charge in [-0.05, 0) is 48.9 Å². The molecule has 1 N–H and O–H groups in total. The summed E-state index contributed by atoms with van der Waals surface area (Å²) in [4.78, 5) is 28.0. The highest BCUT2D eigenvalue weighted by Crippen LogP contribution is 2.34. The Bertz CT molecular complexity index is 1800. The van der Waals surface area contributed by atoms with Crippen molar-refractivity contribution in [2.24, 2.45) is 0 Å². The first-order valence-corrected chi connectivity index (χ1v) is 15.4. The van der Waals surface area contributed by atoms with E-state index in [9.17, 15) is 18.0 Å². The normalized spacial score (nSPS) is 16.8. The highest BCUT2D eigenvalue weighted by Gasteiger charge is 2.34. The highest BCUT2D eigenvalue weighted by atomic mass is 19.4. The molecule has 2 aliphatic heterocycles. The molecule has 1 amide bonds. The summed E-state index contributed by atoms with van der Waals surface area (Å²) in [6.45, 7) is 6.66. The average Bonchev–Trinajstić information content (AvgIpc) is 3.47. The Labute approximate surface area is 271 Å². The number of rotatable bonds is 6. The van der Waals surface area contributed by atoms with Gasteiger partial charge in [-0.15, -0.1) is 5.10 Å². The van der Waals surface area contributed by atoms with E-state index in [4.69, 9.17) is 5.10 Å². The predicted molar refractivity (Wildman–Crippen MR) is 173 cm³/mol. The molecule has 2 aliphatic rings. The van der Waals surface area contributed by atoms with Crippen molar-refractivity contribution in [1.82, 2.24) is 39.4 Å². The van der Waals surface area contributed by atoms with Gasteiger partial charge in [-0.1, -0.05) is 12.0 Å². The smallest absolute Gasteiger partial charge is 0.352 e. The fourth-order valence-electron chi connectivity index (χ4n) is 5.72. The number of fused-ring (bicyclic) bond motifs is 1. The van der Waals surface area contributed by atoms with Crippen LogP contribution in [0.1, 0.15) is 32.7 Å². The number of hydrogen-bond acceptors (Lipinski definition) is 9. The molecule has 246 valence electrons. The van der Waals surface area contributed by atoms with E-state index in [-0.39, 0.29) is 23.4 Å². The van der Waals surface area contributed by atoms with E-state index in [1.165, 1.54) is 24.5 Å². The maximum Gasteiger partial charge on any atom is 0.416 e. The minimum Gasteiger partial charge on any atom is -0.352 e. The quantitative estimate of drug-likeness (QED) is 0.318. The maximum atomic E-state index is 14.0. The van der Waals surface area contributed by atoms with Gasteiger partial charge in [0, 0.05) is 96.6 Å². The van der Waals surface area contributed by atoms with Crippen molar-refractivity contribution in [3.8, 4) is 11.8 Å². The van der Waals surface area contributed by atoms with Crippen LogP contribution in [0.2, 0.25) is 0 Å². The summed E-state index contributed by atoms with van der Waals surface area (Å²) in [7, 11) is 6.07. The number of hydrogen-bond donors (Lipinski definition) is 1. The largest absolute Gasteiger partial charge is 0.416 e. The number of nitrogens with one attached hydrogen (secondary N) is 1. The first-order valence-electron chi connectivity index (χ1n) is 15.4. The molecule has 11 nitrogen and oxygen atoms in total. The van der Waals surface area contributed by atoms with Crippen LogP contribution in [-0.2, 0) is 12.7 Å². The number of piperazine rings is 2. The summed E-state index contributed by atoms with van der Waals surface area (Å²) in [5, 5.41) is 11.7. The molecule has 0 radical (unpaired) electrons. The molecule has 0 unspecified atom stereocenters. The van der Waals surface area contributed by atoms with Crippen LogP contribution in [0.15, 0.2) is 55.0 Å². The summed E-state index contributed by atoms with van der Waals surface area (Å²) in [6.07, 6.45) is -0.0526. The van der Waals surface area contributed by atoms with Gasteiger partial charge in [0.2, 0.25) is 0 Å². The predicted octanol–water partition coefficient (Wildman–Crippen LogP) is 3.14. The second-order valence-corrected chi connectivity index (χ2v) is 12.0. The van der Waals surface area contributed by atoms with Gasteiger partial charge < -0.3 is 15.1 Å². The summed E-state index contributed by atoms with van der Waals surface area (Å²) in [5.41, 5.74) is 1.33. The van der Waals surface area contributed by atoms with Crippen molar-refractivity contribution in [2.45, 2.75) is 12.7 Å². The Hall–Kier alpha value is -4.55. The zero-order chi connectivity index (χ0) is 33.1. The number of alkyl halides is 3. The molecule has 1 aromatic carbocycles. The molecule has 4 aromatic rings. The molecule has 2 fully saturated rings. The lowest BCUT2D eigenvalue weighted by molar-refractivity contribution is -0.138. The Kier molecular flexibility index (Phi) is 9.42. The lowest BCUT2D eigenvalue weighted by Gasteiger charge is -2.38. The molecule has 0 spiro atoms. The summed E-state index contributed by atoms with van der Waals surface area (Å²) < 4.78 is 43.8. The van der Waals surface area contributed by atoms with E-state index in [0.717, 1.165) is 51.2 Å². The number of aromatic nitrogens is 4. The number of pyridine rings is 1. The van der Waals surface area contributed by atoms with Gasteiger partial charge in [0.25, 0.3) is 5.91 Å². The standard InChI is InChI=1S/C33H37F3N10O/c1-41(2)45-16-14-44(15-17-45)31-9-8-30-38-22-28(46(30)40-31)7-4-24-18-26(21-37-20-24)32(47)39-27-6-5-25(29(19-27)33(34,35)36)23-43-12-10-42(3)11-13-43/h5-6,8-9,18-22H,10-17,23H2,1-3H3,(H,39,47). The zero-order valence-electron chi connectivity index (χ0n) is 26.6. The van der Waals surface area contributed by atoms with E-state index < -0.39 is 17.6 Å². The Morgan fingerprint density at radius 1 is 0.936 bits per heavy atom. The number of hydrazine groups is 1. The molecule has 0 bridgehead atoms. The fraction of sp³-hybridized carbons (Fsp3) is 0.394. The van der Waals surface area contributed by atoms with Gasteiger partial charge >= 0.3 is 6.18 Å². The van der Waals surface area contributed by atoms with Crippen molar-refractivity contribution >= 4 is 23.1 Å². The number of carbonyl (C=O) groups is 1. The van der Waals surface area contributed by atoms with Gasteiger partial charge in [0.05, 0.1) is 17.3 Å². The topological polar surface area (TPSA) is 88.4 Å². The van der Waals surface area contributed by atoms with Crippen molar-refractivity contribution in [3.05, 3.63) is 82.9 Å². The monoisotopic (exact) mass is 646 g/mol. The number of imidazole rings is 1. The van der Waals surface area contributed by atoms with Gasteiger partial charge in [-0.3, -0.25) is 14.7 Å². The second-order valence-electron chi connectivity index (χ2n) is 12.0. The van der Waals surface area contributed by atoms with Crippen molar-refractivity contribution < 1.29 is 18.0 Å². The van der Waals surface area contributed by atoms with Crippen LogP contribution in [0.4, 0.5) is 24.7 Å². The van der Waals surface area contributed by atoms with Crippen molar-refractivity contribution in [1.29, 1.82) is 0 Å². The first kappa shape index (κ1) is 32.4. The Morgan fingerprint density at radius 2 is 1.70 bits per heavy atom. The molecule has 0 atom stereocenters. The van der Waals surface area contributed by atoms with Crippen LogP contribution in [0.3, 0.4) is 0 Å². The number of likely N-dealkylation sites (N-methyl/N-ethyl adjacent to an activating group) is 1. The number of anilines is 2. The van der Waals surface area contributed by atoms with Crippen LogP contribution < -0.4 is 10.2 Å². The average molecular weight is 647 g/mol. The highest BCUT2D eigenvalue weighted by molar-refractivity contribution is 6.04. The Morgan fingerprint density at radius 3 is 2.43 bits per heavy atom. The van der Waals surface area contributed by atoms with Gasteiger partial charge in [0.15, 0.2) is 5.65 Å². The summed E-state index contributed by atoms with van der Waals surface area (Å²) in [5.74, 6) is 6.33. The third-order valence-electron chi connectivity index (χ3n) is 8.49. The molecule has 0 saturated carbocycles. The number of halogens is 3. The van der Waals surface area contributed by atoms with E-state index >= 15 is 0 Å². The fourth-order valence-corrected chi connectivity index (χ4v) is 5.72. The Balaban J connectivity index is 1.15. The van der Waals surface area contributed by atoms with Gasteiger partial charge in [-0.2, -0.15) is 13.2 Å². The number of carbonyl (C=O) groups excluding carboxylic acids is 1. The molecule has 3 aromatic heterocycles. The van der Waals surface area contributed by atoms with Crippen LogP contribution in [-0.4, -0.2) is 119 Å². The van der Waals surface area contributed by atoms with Crippen molar-refractivity contribution in [3.63, 3.8) is 0 Å². The minimum atomic E-state index is -4.56. The van der Waals surface area contributed by atoms with Gasteiger partial charge in [0.1, 0.15) is 11.5 Å². The number of benzene rings is 1. The molecule has 14 heteroatoms. The molecule has 6 rings (SSSR count). The third kappa shape index (κ3) is 7.71. The molecule has 5 heterocycles. The second kappa shape index (κ2) is 13.7. The SMILES string of the molecule is CN1CCN(Cc2ccc(NC(=O)c3cncc(C#Cc4cnc5ccc(N6CCN(N(C)C)CC6)nn45)c3)cc2C(F)(F)F)CC1.